The summed E-state index contributed by atoms with van der Waals surface area (Å²) in [4.78, 5) is 0. The molecule has 1 aromatic carbocycles. The molecule has 2 fully saturated rings. The Bertz CT molecular complexity index is 537. The number of hydrogen-bond donors (Lipinski definition) is 0. The Morgan fingerprint density at radius 3 is 2.12 bits per heavy atom. The van der Waals surface area contributed by atoms with Crippen molar-refractivity contribution < 1.29 is 4.39 Å². The monoisotopic (exact) mass is 350 g/mol. The van der Waals surface area contributed by atoms with Crippen LogP contribution in [0.1, 0.15) is 88.2 Å². The normalized spacial score (nSPS) is 31.2. The molecule has 0 unspecified atom stereocenters. The lowest BCUT2D eigenvalue weighted by Gasteiger charge is -2.38. The van der Waals surface area contributed by atoms with Crippen molar-refractivity contribution in [2.75, 3.05) is 0 Å². The largest absolute Gasteiger partial charge is 0.205 e. The lowest BCUT2D eigenvalue weighted by atomic mass is 9.68. The number of hydrogen-bond acceptors (Lipinski definition) is 0. The molecule has 0 saturated heterocycles. The molecule has 1 aromatic rings. The first-order chi connectivity index (χ1) is 11.6. The van der Waals surface area contributed by atoms with Crippen molar-refractivity contribution in [2.24, 2.45) is 17.8 Å². The SMILES string of the molecule is CCCC1CCC(C2CCC(c3ccc(C)c(Cl)c3F)CC2)CC1. The molecular weight excluding hydrogens is 319 g/mol. The van der Waals surface area contributed by atoms with Crippen LogP contribution in [0.3, 0.4) is 0 Å². The third-order valence-electron chi connectivity index (χ3n) is 6.77. The maximum absolute atomic E-state index is 14.5. The minimum atomic E-state index is -0.166. The molecule has 0 radical (unpaired) electrons. The summed E-state index contributed by atoms with van der Waals surface area (Å²) in [5, 5.41) is 0.323. The number of rotatable bonds is 4. The molecule has 2 aliphatic carbocycles. The smallest absolute Gasteiger partial charge is 0.145 e. The van der Waals surface area contributed by atoms with Gasteiger partial charge in [0.15, 0.2) is 0 Å². The zero-order valence-electron chi connectivity index (χ0n) is 15.3. The Labute approximate surface area is 152 Å². The van der Waals surface area contributed by atoms with Gasteiger partial charge in [-0.2, -0.15) is 0 Å². The van der Waals surface area contributed by atoms with Gasteiger partial charge in [0.2, 0.25) is 0 Å². The molecule has 0 bridgehead atoms. The third kappa shape index (κ3) is 3.98. The van der Waals surface area contributed by atoms with Crippen LogP contribution in [0.2, 0.25) is 5.02 Å². The molecule has 2 aliphatic rings. The number of aryl methyl sites for hydroxylation is 1. The van der Waals surface area contributed by atoms with Gasteiger partial charge in [0.05, 0.1) is 5.02 Å². The van der Waals surface area contributed by atoms with Crippen LogP contribution < -0.4 is 0 Å². The summed E-state index contributed by atoms with van der Waals surface area (Å²) in [6, 6.07) is 3.94. The molecule has 0 N–H and O–H groups in total. The fraction of sp³-hybridized carbons (Fsp3) is 0.727. The van der Waals surface area contributed by atoms with Crippen LogP contribution in [0.15, 0.2) is 12.1 Å². The summed E-state index contributed by atoms with van der Waals surface area (Å²) in [5.74, 6) is 3.01. The summed E-state index contributed by atoms with van der Waals surface area (Å²) in [6.07, 6.45) is 13.3. The summed E-state index contributed by atoms with van der Waals surface area (Å²) in [7, 11) is 0. The highest BCUT2D eigenvalue weighted by Crippen LogP contribution is 2.45. The average molecular weight is 351 g/mol. The molecule has 0 heterocycles. The Morgan fingerprint density at radius 2 is 1.54 bits per heavy atom. The van der Waals surface area contributed by atoms with Gasteiger partial charge in [-0.1, -0.05) is 56.3 Å². The van der Waals surface area contributed by atoms with E-state index in [1.807, 2.05) is 19.1 Å². The van der Waals surface area contributed by atoms with E-state index in [1.54, 1.807) is 0 Å². The van der Waals surface area contributed by atoms with Crippen molar-refractivity contribution in [1.82, 2.24) is 0 Å². The first kappa shape index (κ1) is 18.2. The first-order valence-electron chi connectivity index (χ1n) is 10.0. The lowest BCUT2D eigenvalue weighted by Crippen LogP contribution is -2.25. The molecule has 0 spiro atoms. The maximum atomic E-state index is 14.5. The van der Waals surface area contributed by atoms with Crippen LogP contribution in [0, 0.1) is 30.5 Å². The standard InChI is InChI=1S/C22H32ClF/c1-3-4-16-6-8-17(9-7-16)18-10-12-19(13-11-18)20-14-5-15(2)21(23)22(20)24/h5,14,16-19H,3-4,6-13H2,1-2H3. The van der Waals surface area contributed by atoms with Gasteiger partial charge >= 0.3 is 0 Å². The molecule has 0 nitrogen and oxygen atoms in total. The van der Waals surface area contributed by atoms with Gasteiger partial charge in [-0.05, 0) is 80.2 Å². The predicted molar refractivity (Wildman–Crippen MR) is 101 cm³/mol. The van der Waals surface area contributed by atoms with E-state index in [-0.39, 0.29) is 5.82 Å². The molecule has 2 heteroatoms. The molecule has 0 amide bonds. The molecular formula is C22H32ClF. The molecule has 0 aliphatic heterocycles. The van der Waals surface area contributed by atoms with Gasteiger partial charge in [-0.3, -0.25) is 0 Å². The highest BCUT2D eigenvalue weighted by atomic mass is 35.5. The van der Waals surface area contributed by atoms with Crippen molar-refractivity contribution >= 4 is 11.6 Å². The fourth-order valence-electron chi connectivity index (χ4n) is 5.23. The second kappa shape index (κ2) is 8.21. The Balaban J connectivity index is 1.54. The summed E-state index contributed by atoms with van der Waals surface area (Å²) >= 11 is 6.12. The van der Waals surface area contributed by atoms with Gasteiger partial charge in [0.1, 0.15) is 5.82 Å². The van der Waals surface area contributed by atoms with Crippen molar-refractivity contribution in [3.8, 4) is 0 Å². The topological polar surface area (TPSA) is 0 Å². The van der Waals surface area contributed by atoms with Crippen molar-refractivity contribution in [2.45, 2.75) is 84.0 Å². The second-order valence-electron chi connectivity index (χ2n) is 8.28. The van der Waals surface area contributed by atoms with Gasteiger partial charge in [-0.15, -0.1) is 0 Å². The molecule has 3 rings (SSSR count). The molecule has 2 saturated carbocycles. The van der Waals surface area contributed by atoms with Crippen molar-refractivity contribution in [3.63, 3.8) is 0 Å². The predicted octanol–water partition coefficient (Wildman–Crippen LogP) is 7.67. The van der Waals surface area contributed by atoms with E-state index >= 15 is 0 Å². The zero-order chi connectivity index (χ0) is 17.1. The lowest BCUT2D eigenvalue weighted by molar-refractivity contribution is 0.156. The number of halogens is 2. The van der Waals surface area contributed by atoms with Gasteiger partial charge in [0.25, 0.3) is 0 Å². The molecule has 134 valence electrons. The van der Waals surface area contributed by atoms with Crippen LogP contribution in [-0.2, 0) is 0 Å². The van der Waals surface area contributed by atoms with Crippen LogP contribution in [0.5, 0.6) is 0 Å². The van der Waals surface area contributed by atoms with Crippen LogP contribution in [0.4, 0.5) is 4.39 Å². The van der Waals surface area contributed by atoms with E-state index < -0.39 is 0 Å². The molecule has 0 atom stereocenters. The van der Waals surface area contributed by atoms with E-state index in [4.69, 9.17) is 11.6 Å². The maximum Gasteiger partial charge on any atom is 0.145 e. The summed E-state index contributed by atoms with van der Waals surface area (Å²) in [5.41, 5.74) is 1.70. The molecule has 0 aromatic heterocycles. The average Bonchev–Trinajstić information content (AvgIpc) is 2.61. The van der Waals surface area contributed by atoms with Crippen molar-refractivity contribution in [3.05, 3.63) is 34.1 Å². The van der Waals surface area contributed by atoms with E-state index in [9.17, 15) is 4.39 Å². The summed E-state index contributed by atoms with van der Waals surface area (Å²) in [6.45, 7) is 4.19. The molecule has 24 heavy (non-hydrogen) atoms. The van der Waals surface area contributed by atoms with Crippen LogP contribution in [-0.4, -0.2) is 0 Å². The van der Waals surface area contributed by atoms with Crippen molar-refractivity contribution in [1.29, 1.82) is 0 Å². The fourth-order valence-corrected chi connectivity index (χ4v) is 5.41. The van der Waals surface area contributed by atoms with E-state index in [0.29, 0.717) is 10.9 Å². The first-order valence-corrected chi connectivity index (χ1v) is 10.4. The Morgan fingerprint density at radius 1 is 0.958 bits per heavy atom. The van der Waals surface area contributed by atoms with E-state index in [0.717, 1.165) is 41.7 Å². The van der Waals surface area contributed by atoms with E-state index in [2.05, 4.69) is 6.92 Å². The number of benzene rings is 1. The minimum absolute atomic E-state index is 0.166. The minimum Gasteiger partial charge on any atom is -0.205 e. The van der Waals surface area contributed by atoms with Crippen LogP contribution in [0.25, 0.3) is 0 Å². The van der Waals surface area contributed by atoms with Crippen LogP contribution >= 0.6 is 11.6 Å². The van der Waals surface area contributed by atoms with E-state index in [1.165, 1.54) is 51.4 Å². The van der Waals surface area contributed by atoms with Gasteiger partial charge < -0.3 is 0 Å². The third-order valence-corrected chi connectivity index (χ3v) is 7.24. The summed E-state index contributed by atoms with van der Waals surface area (Å²) < 4.78 is 14.5. The Kier molecular flexibility index (Phi) is 6.24. The quantitative estimate of drug-likeness (QED) is 0.522. The second-order valence-corrected chi connectivity index (χ2v) is 8.66. The Hall–Kier alpha value is -0.560. The highest BCUT2D eigenvalue weighted by Gasteiger charge is 2.32. The van der Waals surface area contributed by atoms with Gasteiger partial charge in [0, 0.05) is 0 Å². The zero-order valence-corrected chi connectivity index (χ0v) is 16.0. The highest BCUT2D eigenvalue weighted by molar-refractivity contribution is 6.31. The van der Waals surface area contributed by atoms with Gasteiger partial charge in [-0.25, -0.2) is 4.39 Å².